The number of nitrogens with one attached hydrogen (secondary N) is 2. The minimum absolute atomic E-state index is 0.158. The fraction of sp³-hybridized carbons (Fsp3) is 0.368. The van der Waals surface area contributed by atoms with Crippen LogP contribution in [0.1, 0.15) is 9.67 Å². The topological polar surface area (TPSA) is 95.1 Å². The monoisotopic (exact) mass is 404 g/mol. The summed E-state index contributed by atoms with van der Waals surface area (Å²) in [5.74, 6) is 0.537. The van der Waals surface area contributed by atoms with Crippen molar-refractivity contribution in [1.82, 2.24) is 5.32 Å². The van der Waals surface area contributed by atoms with E-state index in [-0.39, 0.29) is 24.7 Å². The van der Waals surface area contributed by atoms with Crippen molar-refractivity contribution in [1.29, 1.82) is 0 Å². The first-order valence-corrected chi connectivity index (χ1v) is 9.71. The van der Waals surface area contributed by atoms with Crippen LogP contribution in [0.3, 0.4) is 0 Å². The average Bonchev–Trinajstić information content (AvgIpc) is 3.43. The molecule has 4 rings (SSSR count). The molecule has 148 valence electrons. The Balaban J connectivity index is 1.30. The molecule has 0 radical (unpaired) electrons. The Morgan fingerprint density at radius 1 is 1.11 bits per heavy atom. The number of fused-ring (bicyclic) bond motifs is 1. The van der Waals surface area contributed by atoms with Gasteiger partial charge in [0.25, 0.3) is 5.91 Å². The number of hydrogen-bond acceptors (Lipinski definition) is 7. The summed E-state index contributed by atoms with van der Waals surface area (Å²) >= 11 is 1.37. The molecular weight excluding hydrogens is 384 g/mol. The van der Waals surface area contributed by atoms with Crippen molar-refractivity contribution in [3.63, 3.8) is 0 Å². The summed E-state index contributed by atoms with van der Waals surface area (Å²) in [7, 11) is 1.57. The molecule has 2 saturated heterocycles. The molecule has 28 heavy (non-hydrogen) atoms. The van der Waals surface area contributed by atoms with E-state index in [9.17, 15) is 9.59 Å². The summed E-state index contributed by atoms with van der Waals surface area (Å²) in [6.07, 6.45) is -1.88. The van der Waals surface area contributed by atoms with Gasteiger partial charge in [0.2, 0.25) is 0 Å². The average molecular weight is 404 g/mol. The van der Waals surface area contributed by atoms with Crippen molar-refractivity contribution >= 4 is 29.0 Å². The Kier molecular flexibility index (Phi) is 5.47. The zero-order valence-corrected chi connectivity index (χ0v) is 15.9. The molecule has 8 nitrogen and oxygen atoms in total. The van der Waals surface area contributed by atoms with Crippen molar-refractivity contribution < 1.29 is 28.5 Å². The van der Waals surface area contributed by atoms with Gasteiger partial charge in [-0.05, 0) is 35.7 Å². The minimum atomic E-state index is -0.589. The Morgan fingerprint density at radius 2 is 1.89 bits per heavy atom. The standard InChI is InChI=1S/C19H20N2O6S/c1-24-12-6-4-11(5-7-12)20-19(23)27-14-10-26-16-13(9-25-17(14)16)21-18(22)15-3-2-8-28-15/h2-8,13-14,16-17H,9-10H2,1H3,(H,20,23)(H,21,22)/t13-,14-,16-,17+/m0/s1. The van der Waals surface area contributed by atoms with Gasteiger partial charge in [0.15, 0.2) is 6.10 Å². The van der Waals surface area contributed by atoms with Crippen LogP contribution in [0.2, 0.25) is 0 Å². The molecule has 0 unspecified atom stereocenters. The Labute approximate surface area is 165 Å². The van der Waals surface area contributed by atoms with E-state index in [2.05, 4.69) is 10.6 Å². The predicted molar refractivity (Wildman–Crippen MR) is 102 cm³/mol. The van der Waals surface area contributed by atoms with Crippen LogP contribution < -0.4 is 15.4 Å². The van der Waals surface area contributed by atoms with Crippen LogP contribution in [0.25, 0.3) is 0 Å². The molecule has 2 amide bonds. The first-order chi connectivity index (χ1) is 13.6. The number of amides is 2. The van der Waals surface area contributed by atoms with Crippen LogP contribution in [-0.2, 0) is 14.2 Å². The highest BCUT2D eigenvalue weighted by atomic mass is 32.1. The number of thiophene rings is 1. The van der Waals surface area contributed by atoms with Crippen molar-refractivity contribution in [2.75, 3.05) is 25.6 Å². The lowest BCUT2D eigenvalue weighted by Crippen LogP contribution is -2.44. The zero-order valence-electron chi connectivity index (χ0n) is 15.1. The van der Waals surface area contributed by atoms with Gasteiger partial charge in [-0.25, -0.2) is 4.79 Å². The second-order valence-electron chi connectivity index (χ2n) is 6.45. The van der Waals surface area contributed by atoms with E-state index in [0.29, 0.717) is 22.9 Å². The summed E-state index contributed by atoms with van der Waals surface area (Å²) in [4.78, 5) is 25.1. The summed E-state index contributed by atoms with van der Waals surface area (Å²) in [5, 5.41) is 7.44. The van der Waals surface area contributed by atoms with Crippen LogP contribution in [-0.4, -0.2) is 56.7 Å². The van der Waals surface area contributed by atoms with Gasteiger partial charge in [0.05, 0.1) is 31.2 Å². The number of benzene rings is 1. The van der Waals surface area contributed by atoms with E-state index in [1.807, 2.05) is 11.4 Å². The quantitative estimate of drug-likeness (QED) is 0.794. The Hall–Kier alpha value is -2.62. The molecule has 0 spiro atoms. The zero-order chi connectivity index (χ0) is 19.5. The molecule has 2 aliphatic rings. The van der Waals surface area contributed by atoms with Crippen LogP contribution in [0.15, 0.2) is 41.8 Å². The second-order valence-corrected chi connectivity index (χ2v) is 7.40. The number of carbonyl (C=O) groups is 2. The number of carbonyl (C=O) groups excluding carboxylic acids is 2. The smallest absolute Gasteiger partial charge is 0.412 e. The molecule has 3 heterocycles. The maximum Gasteiger partial charge on any atom is 0.412 e. The third kappa shape index (κ3) is 3.96. The lowest BCUT2D eigenvalue weighted by molar-refractivity contribution is 0.00862. The SMILES string of the molecule is COc1ccc(NC(=O)O[C@H]2CO[C@@H]3[C@@H]2OC[C@@H]3NC(=O)c2cccs2)cc1. The highest BCUT2D eigenvalue weighted by Crippen LogP contribution is 2.29. The maximum absolute atomic E-state index is 12.2. The first kappa shape index (κ1) is 18.7. The lowest BCUT2D eigenvalue weighted by Gasteiger charge is -2.18. The molecular formula is C19H20N2O6S. The predicted octanol–water partition coefficient (Wildman–Crippen LogP) is 2.27. The number of ether oxygens (including phenoxy) is 4. The molecule has 2 aliphatic heterocycles. The molecule has 0 bridgehead atoms. The Bertz CT molecular complexity index is 825. The van der Waals surface area contributed by atoms with Gasteiger partial charge in [-0.15, -0.1) is 11.3 Å². The van der Waals surface area contributed by atoms with E-state index in [1.54, 1.807) is 37.4 Å². The molecule has 1 aromatic carbocycles. The Morgan fingerprint density at radius 3 is 2.61 bits per heavy atom. The second kappa shape index (κ2) is 8.17. The summed E-state index contributed by atoms with van der Waals surface area (Å²) in [5.41, 5.74) is 0.592. The molecule has 2 fully saturated rings. The van der Waals surface area contributed by atoms with Gasteiger partial charge >= 0.3 is 6.09 Å². The van der Waals surface area contributed by atoms with E-state index >= 15 is 0 Å². The molecule has 1 aromatic heterocycles. The van der Waals surface area contributed by atoms with Crippen LogP contribution in [0.4, 0.5) is 10.5 Å². The summed E-state index contributed by atoms with van der Waals surface area (Å²) < 4.78 is 22.0. The third-order valence-corrected chi connectivity index (χ3v) is 5.53. The lowest BCUT2D eigenvalue weighted by atomic mass is 10.1. The molecule has 4 atom stereocenters. The number of methoxy groups -OCH3 is 1. The molecule has 2 aromatic rings. The molecule has 0 aliphatic carbocycles. The van der Waals surface area contributed by atoms with Gasteiger partial charge in [-0.2, -0.15) is 0 Å². The van der Waals surface area contributed by atoms with E-state index in [4.69, 9.17) is 18.9 Å². The molecule has 9 heteroatoms. The van der Waals surface area contributed by atoms with Gasteiger partial charge in [-0.1, -0.05) is 6.07 Å². The van der Waals surface area contributed by atoms with Crippen molar-refractivity contribution in [2.45, 2.75) is 24.4 Å². The minimum Gasteiger partial charge on any atom is -0.497 e. The highest BCUT2D eigenvalue weighted by molar-refractivity contribution is 7.12. The van der Waals surface area contributed by atoms with Crippen LogP contribution in [0, 0.1) is 0 Å². The van der Waals surface area contributed by atoms with E-state index in [0.717, 1.165) is 0 Å². The van der Waals surface area contributed by atoms with Crippen molar-refractivity contribution in [3.8, 4) is 5.75 Å². The van der Waals surface area contributed by atoms with Crippen LogP contribution in [0.5, 0.6) is 5.75 Å². The fourth-order valence-electron chi connectivity index (χ4n) is 3.30. The van der Waals surface area contributed by atoms with Gasteiger partial charge in [0, 0.05) is 5.69 Å². The number of hydrogen-bond donors (Lipinski definition) is 2. The summed E-state index contributed by atoms with van der Waals surface area (Å²) in [6, 6.07) is 10.2. The first-order valence-electron chi connectivity index (χ1n) is 8.83. The highest BCUT2D eigenvalue weighted by Gasteiger charge is 2.50. The van der Waals surface area contributed by atoms with Crippen molar-refractivity contribution in [3.05, 3.63) is 46.7 Å². The van der Waals surface area contributed by atoms with Crippen LogP contribution >= 0.6 is 11.3 Å². The van der Waals surface area contributed by atoms with Crippen molar-refractivity contribution in [2.24, 2.45) is 0 Å². The van der Waals surface area contributed by atoms with Gasteiger partial charge in [-0.3, -0.25) is 10.1 Å². The van der Waals surface area contributed by atoms with Gasteiger partial charge < -0.3 is 24.3 Å². The van der Waals surface area contributed by atoms with E-state index < -0.39 is 18.3 Å². The largest absolute Gasteiger partial charge is 0.497 e. The van der Waals surface area contributed by atoms with Gasteiger partial charge in [0.1, 0.15) is 18.0 Å². The fourth-order valence-corrected chi connectivity index (χ4v) is 3.92. The third-order valence-electron chi connectivity index (χ3n) is 4.66. The summed E-state index contributed by atoms with van der Waals surface area (Å²) in [6.45, 7) is 0.531. The molecule has 0 saturated carbocycles. The van der Waals surface area contributed by atoms with E-state index in [1.165, 1.54) is 11.3 Å². The number of rotatable bonds is 5. The molecule has 2 N–H and O–H groups in total. The maximum atomic E-state index is 12.2. The normalized spacial score (nSPS) is 25.8. The number of anilines is 1.